The van der Waals surface area contributed by atoms with Crippen LogP contribution in [-0.4, -0.2) is 41.5 Å². The number of carbonyl (C=O) groups is 1. The van der Waals surface area contributed by atoms with Crippen molar-refractivity contribution >= 4 is 6.03 Å². The van der Waals surface area contributed by atoms with Gasteiger partial charge in [-0.2, -0.15) is 0 Å². The van der Waals surface area contributed by atoms with Crippen LogP contribution in [0.4, 0.5) is 4.79 Å². The second-order valence-corrected chi connectivity index (χ2v) is 8.02. The van der Waals surface area contributed by atoms with Crippen molar-refractivity contribution < 1.29 is 4.79 Å². The second kappa shape index (κ2) is 5.54. The average Bonchev–Trinajstić information content (AvgIpc) is 2.58. The topological polar surface area (TPSA) is 23.6 Å². The third-order valence-electron chi connectivity index (χ3n) is 6.62. The number of hydrogen-bond donors (Lipinski definition) is 0. The zero-order valence-corrected chi connectivity index (χ0v) is 14.4. The Morgan fingerprint density at radius 2 is 1.91 bits per heavy atom. The predicted octanol–water partition coefficient (Wildman–Crippen LogP) is 3.82. The molecule has 0 unspecified atom stereocenters. The minimum Gasteiger partial charge on any atom is -0.325 e. The van der Waals surface area contributed by atoms with Crippen LogP contribution in [0.2, 0.25) is 0 Å². The van der Waals surface area contributed by atoms with Crippen LogP contribution in [0.1, 0.15) is 50.7 Å². The molecule has 0 N–H and O–H groups in total. The van der Waals surface area contributed by atoms with Gasteiger partial charge in [0.1, 0.15) is 0 Å². The number of carbonyl (C=O) groups excluding carboxylic acids is 1. The molecule has 1 aromatic carbocycles. The van der Waals surface area contributed by atoms with Gasteiger partial charge in [-0.05, 0) is 54.6 Å². The number of rotatable bonds is 0. The Morgan fingerprint density at radius 1 is 1.17 bits per heavy atom. The molecule has 3 atom stereocenters. The second-order valence-electron chi connectivity index (χ2n) is 8.02. The Balaban J connectivity index is 1.63. The normalized spacial score (nSPS) is 33.3. The van der Waals surface area contributed by atoms with Gasteiger partial charge in [0.15, 0.2) is 0 Å². The zero-order valence-electron chi connectivity index (χ0n) is 14.4. The van der Waals surface area contributed by atoms with Crippen LogP contribution in [0.25, 0.3) is 0 Å². The molecule has 2 saturated heterocycles. The van der Waals surface area contributed by atoms with Gasteiger partial charge in [-0.1, -0.05) is 38.1 Å². The molecule has 1 aromatic rings. The Kier molecular flexibility index (Phi) is 3.62. The van der Waals surface area contributed by atoms with Gasteiger partial charge in [0.05, 0.1) is 0 Å². The van der Waals surface area contributed by atoms with Crippen LogP contribution in [0.3, 0.4) is 0 Å². The van der Waals surface area contributed by atoms with Gasteiger partial charge in [0.25, 0.3) is 0 Å². The standard InChI is InChI=1S/C20H28N2O/c1-15-14-22(19(23)21-10-6-3-7-11-21)17-12-16-8-4-5-9-18(16)20(15,2)13-17/h4-5,8-9,15,17H,3,6-7,10-14H2,1-2H3/t15-,17-,20+/m1/s1. The van der Waals surface area contributed by atoms with E-state index in [2.05, 4.69) is 47.9 Å². The summed E-state index contributed by atoms with van der Waals surface area (Å²) in [4.78, 5) is 17.4. The fourth-order valence-corrected chi connectivity index (χ4v) is 5.01. The number of benzene rings is 1. The zero-order chi connectivity index (χ0) is 16.0. The molecule has 3 aliphatic rings. The molecule has 0 saturated carbocycles. The Hall–Kier alpha value is -1.51. The first kappa shape index (κ1) is 15.0. The molecule has 2 heterocycles. The van der Waals surface area contributed by atoms with E-state index in [1.807, 2.05) is 0 Å². The first-order valence-corrected chi connectivity index (χ1v) is 9.23. The third-order valence-corrected chi connectivity index (χ3v) is 6.62. The van der Waals surface area contributed by atoms with Crippen molar-refractivity contribution in [2.24, 2.45) is 5.92 Å². The van der Waals surface area contributed by atoms with E-state index in [4.69, 9.17) is 0 Å². The summed E-state index contributed by atoms with van der Waals surface area (Å²) in [6, 6.07) is 9.56. The van der Waals surface area contributed by atoms with Crippen molar-refractivity contribution in [3.05, 3.63) is 35.4 Å². The van der Waals surface area contributed by atoms with Crippen molar-refractivity contribution in [3.8, 4) is 0 Å². The SMILES string of the molecule is C[C@@H]1CN(C(=O)N2CCCCC2)[C@@H]2Cc3ccccc3[C@@]1(C)C2. The minimum atomic E-state index is 0.220. The maximum absolute atomic E-state index is 13.1. The van der Waals surface area contributed by atoms with E-state index in [0.717, 1.165) is 32.5 Å². The highest BCUT2D eigenvalue weighted by Crippen LogP contribution is 2.47. The van der Waals surface area contributed by atoms with Crippen LogP contribution in [0.15, 0.2) is 24.3 Å². The number of likely N-dealkylation sites (tertiary alicyclic amines) is 2. The lowest BCUT2D eigenvalue weighted by molar-refractivity contribution is 0.0483. The van der Waals surface area contributed by atoms with Gasteiger partial charge in [0.2, 0.25) is 0 Å². The Labute approximate surface area is 139 Å². The summed E-state index contributed by atoms with van der Waals surface area (Å²) >= 11 is 0. The largest absolute Gasteiger partial charge is 0.325 e. The molecule has 2 aliphatic heterocycles. The van der Waals surface area contributed by atoms with E-state index in [-0.39, 0.29) is 5.41 Å². The molecule has 0 radical (unpaired) electrons. The summed E-state index contributed by atoms with van der Waals surface area (Å²) in [6.45, 7) is 7.54. The lowest BCUT2D eigenvalue weighted by atomic mass is 9.60. The van der Waals surface area contributed by atoms with E-state index in [0.29, 0.717) is 18.0 Å². The lowest BCUT2D eigenvalue weighted by Gasteiger charge is -2.54. The third kappa shape index (κ3) is 2.36. The van der Waals surface area contributed by atoms with Gasteiger partial charge in [-0.15, -0.1) is 0 Å². The molecule has 3 heteroatoms. The van der Waals surface area contributed by atoms with Crippen LogP contribution in [-0.2, 0) is 11.8 Å². The molecule has 3 nitrogen and oxygen atoms in total. The maximum Gasteiger partial charge on any atom is 0.320 e. The smallest absolute Gasteiger partial charge is 0.320 e. The van der Waals surface area contributed by atoms with E-state index >= 15 is 0 Å². The average molecular weight is 312 g/mol. The summed E-state index contributed by atoms with van der Waals surface area (Å²) < 4.78 is 0. The number of nitrogens with zero attached hydrogens (tertiary/aromatic N) is 2. The summed E-state index contributed by atoms with van der Waals surface area (Å²) in [6.07, 6.45) is 5.75. The molecule has 0 aromatic heterocycles. The van der Waals surface area contributed by atoms with Crippen LogP contribution in [0, 0.1) is 5.92 Å². The van der Waals surface area contributed by atoms with Crippen molar-refractivity contribution in [3.63, 3.8) is 0 Å². The molecule has 23 heavy (non-hydrogen) atoms. The number of urea groups is 1. The van der Waals surface area contributed by atoms with Gasteiger partial charge >= 0.3 is 6.03 Å². The number of fused-ring (bicyclic) bond motifs is 4. The van der Waals surface area contributed by atoms with Crippen molar-refractivity contribution in [2.75, 3.05) is 19.6 Å². The molecule has 4 rings (SSSR count). The molecule has 2 amide bonds. The number of amides is 2. The first-order valence-electron chi connectivity index (χ1n) is 9.23. The minimum absolute atomic E-state index is 0.220. The molecular weight excluding hydrogens is 284 g/mol. The van der Waals surface area contributed by atoms with Gasteiger partial charge in [0, 0.05) is 25.7 Å². The van der Waals surface area contributed by atoms with Gasteiger partial charge in [-0.3, -0.25) is 0 Å². The van der Waals surface area contributed by atoms with Gasteiger partial charge < -0.3 is 9.80 Å². The monoisotopic (exact) mass is 312 g/mol. The molecule has 0 spiro atoms. The fourth-order valence-electron chi connectivity index (χ4n) is 5.01. The maximum atomic E-state index is 13.1. The summed E-state index contributed by atoms with van der Waals surface area (Å²) in [5.74, 6) is 0.508. The van der Waals surface area contributed by atoms with E-state index in [1.165, 1.54) is 30.4 Å². The first-order chi connectivity index (χ1) is 11.1. The predicted molar refractivity (Wildman–Crippen MR) is 92.6 cm³/mol. The quantitative estimate of drug-likeness (QED) is 0.714. The molecule has 2 fully saturated rings. The molecular formula is C20H28N2O. The molecule has 1 aliphatic carbocycles. The number of piperidine rings is 2. The van der Waals surface area contributed by atoms with Gasteiger partial charge in [-0.25, -0.2) is 4.79 Å². The van der Waals surface area contributed by atoms with Crippen molar-refractivity contribution in [1.82, 2.24) is 9.80 Å². The Bertz CT molecular complexity index is 607. The Morgan fingerprint density at radius 3 is 2.70 bits per heavy atom. The van der Waals surface area contributed by atoms with E-state index in [1.54, 1.807) is 0 Å². The molecule has 124 valence electrons. The van der Waals surface area contributed by atoms with Crippen LogP contribution >= 0.6 is 0 Å². The number of hydrogen-bond acceptors (Lipinski definition) is 1. The van der Waals surface area contributed by atoms with E-state index < -0.39 is 0 Å². The van der Waals surface area contributed by atoms with Crippen molar-refractivity contribution in [2.45, 2.75) is 57.4 Å². The highest BCUT2D eigenvalue weighted by Gasteiger charge is 2.48. The summed E-state index contributed by atoms with van der Waals surface area (Å²) in [7, 11) is 0. The lowest BCUT2D eigenvalue weighted by Crippen LogP contribution is -2.60. The highest BCUT2D eigenvalue weighted by molar-refractivity contribution is 5.75. The summed E-state index contributed by atoms with van der Waals surface area (Å²) in [5, 5.41) is 0. The van der Waals surface area contributed by atoms with Crippen LogP contribution in [0.5, 0.6) is 0 Å². The van der Waals surface area contributed by atoms with Crippen molar-refractivity contribution in [1.29, 1.82) is 0 Å². The van der Waals surface area contributed by atoms with Crippen LogP contribution < -0.4 is 0 Å². The molecule has 2 bridgehead atoms. The fraction of sp³-hybridized carbons (Fsp3) is 0.650. The summed E-state index contributed by atoms with van der Waals surface area (Å²) in [5.41, 5.74) is 3.20. The highest BCUT2D eigenvalue weighted by atomic mass is 16.2. The van der Waals surface area contributed by atoms with E-state index in [9.17, 15) is 4.79 Å².